The third kappa shape index (κ3) is 6.76. The van der Waals surface area contributed by atoms with Crippen molar-refractivity contribution in [1.82, 2.24) is 10.2 Å². The van der Waals surface area contributed by atoms with E-state index in [-0.39, 0.29) is 5.91 Å². The molecule has 0 saturated carbocycles. The highest BCUT2D eigenvalue weighted by Crippen LogP contribution is 2.17. The van der Waals surface area contributed by atoms with Crippen molar-refractivity contribution in [2.45, 2.75) is 13.0 Å². The molecular formula is C17H21ClN2O3. The zero-order valence-electron chi connectivity index (χ0n) is 13.1. The lowest BCUT2D eigenvalue weighted by molar-refractivity contribution is -0.122. The molecule has 1 aromatic heterocycles. The Kier molecular flexibility index (Phi) is 6.97. The van der Waals surface area contributed by atoms with Crippen molar-refractivity contribution in [2.75, 3.05) is 26.7 Å². The van der Waals surface area contributed by atoms with Crippen LogP contribution < -0.4 is 10.1 Å². The van der Waals surface area contributed by atoms with Gasteiger partial charge >= 0.3 is 0 Å². The van der Waals surface area contributed by atoms with E-state index >= 15 is 0 Å². The maximum absolute atomic E-state index is 11.8. The summed E-state index contributed by atoms with van der Waals surface area (Å²) in [7, 11) is 1.91. The van der Waals surface area contributed by atoms with Gasteiger partial charge in [-0.15, -0.1) is 0 Å². The van der Waals surface area contributed by atoms with E-state index in [0.29, 0.717) is 24.7 Å². The predicted molar refractivity (Wildman–Crippen MR) is 89.6 cm³/mol. The summed E-state index contributed by atoms with van der Waals surface area (Å²) in [6.45, 7) is 2.11. The van der Waals surface area contributed by atoms with Crippen LogP contribution in [0.25, 0.3) is 0 Å². The fourth-order valence-electron chi connectivity index (χ4n) is 2.06. The van der Waals surface area contributed by atoms with Crippen LogP contribution in [0.5, 0.6) is 5.75 Å². The summed E-state index contributed by atoms with van der Waals surface area (Å²) in [6.07, 6.45) is 2.42. The second-order valence-corrected chi connectivity index (χ2v) is 5.69. The molecule has 0 radical (unpaired) electrons. The number of ether oxygens (including phenoxy) is 1. The van der Waals surface area contributed by atoms with E-state index in [9.17, 15) is 4.79 Å². The molecule has 2 aromatic rings. The van der Waals surface area contributed by atoms with E-state index in [1.807, 2.05) is 36.2 Å². The van der Waals surface area contributed by atoms with Crippen molar-refractivity contribution < 1.29 is 13.9 Å². The number of amides is 1. The first-order valence-corrected chi connectivity index (χ1v) is 7.87. The van der Waals surface area contributed by atoms with Crippen molar-refractivity contribution in [1.29, 1.82) is 0 Å². The van der Waals surface area contributed by atoms with Gasteiger partial charge in [-0.1, -0.05) is 17.7 Å². The monoisotopic (exact) mass is 336 g/mol. The van der Waals surface area contributed by atoms with E-state index in [0.717, 1.165) is 24.5 Å². The van der Waals surface area contributed by atoms with Crippen LogP contribution >= 0.6 is 11.6 Å². The lowest BCUT2D eigenvalue weighted by Crippen LogP contribution is -2.35. The molecule has 1 N–H and O–H groups in total. The topological polar surface area (TPSA) is 54.7 Å². The van der Waals surface area contributed by atoms with E-state index in [4.69, 9.17) is 20.8 Å². The molecule has 1 amide bonds. The maximum Gasteiger partial charge on any atom is 0.234 e. The van der Waals surface area contributed by atoms with Crippen molar-refractivity contribution in [3.05, 3.63) is 53.4 Å². The first-order valence-electron chi connectivity index (χ1n) is 7.49. The Balaban J connectivity index is 1.57. The standard InChI is InChI=1S/C17H21ClN2O3/c1-20(13-17(21)19-12-16-7-3-9-23-16)8-4-10-22-15-6-2-5-14(18)11-15/h2-3,5-7,9,11H,4,8,10,12-13H2,1H3,(H,19,21). The second-order valence-electron chi connectivity index (χ2n) is 5.25. The molecule has 0 saturated heterocycles. The highest BCUT2D eigenvalue weighted by atomic mass is 35.5. The Labute approximate surface area is 141 Å². The van der Waals surface area contributed by atoms with E-state index < -0.39 is 0 Å². The largest absolute Gasteiger partial charge is 0.493 e. The average Bonchev–Trinajstić information content (AvgIpc) is 3.03. The lowest BCUT2D eigenvalue weighted by atomic mass is 10.3. The van der Waals surface area contributed by atoms with Crippen LogP contribution in [0.15, 0.2) is 47.1 Å². The number of benzene rings is 1. The van der Waals surface area contributed by atoms with Gasteiger partial charge in [0, 0.05) is 11.6 Å². The Morgan fingerprint density at radius 2 is 2.22 bits per heavy atom. The third-order valence-electron chi connectivity index (χ3n) is 3.20. The van der Waals surface area contributed by atoms with Gasteiger partial charge in [-0.2, -0.15) is 0 Å². The molecule has 0 spiro atoms. The number of halogens is 1. The SMILES string of the molecule is CN(CCCOc1cccc(Cl)c1)CC(=O)NCc1ccco1. The molecule has 124 valence electrons. The molecule has 0 aliphatic heterocycles. The normalized spacial score (nSPS) is 10.7. The number of hydrogen-bond donors (Lipinski definition) is 1. The van der Waals surface area contributed by atoms with Gasteiger partial charge in [0.2, 0.25) is 5.91 Å². The Bertz CT molecular complexity index is 602. The summed E-state index contributed by atoms with van der Waals surface area (Å²) in [5.74, 6) is 1.48. The molecule has 1 aromatic carbocycles. The maximum atomic E-state index is 11.8. The average molecular weight is 337 g/mol. The van der Waals surface area contributed by atoms with Crippen LogP contribution in [0.2, 0.25) is 5.02 Å². The fourth-order valence-corrected chi connectivity index (χ4v) is 2.24. The van der Waals surface area contributed by atoms with Gasteiger partial charge in [0.05, 0.1) is 26.0 Å². The van der Waals surface area contributed by atoms with Crippen molar-refractivity contribution in [2.24, 2.45) is 0 Å². The summed E-state index contributed by atoms with van der Waals surface area (Å²) in [4.78, 5) is 13.8. The van der Waals surface area contributed by atoms with Crippen LogP contribution in [-0.2, 0) is 11.3 Å². The minimum Gasteiger partial charge on any atom is -0.493 e. The number of furan rings is 1. The fraction of sp³-hybridized carbons (Fsp3) is 0.353. The smallest absolute Gasteiger partial charge is 0.234 e. The highest BCUT2D eigenvalue weighted by molar-refractivity contribution is 6.30. The number of nitrogens with one attached hydrogen (secondary N) is 1. The van der Waals surface area contributed by atoms with Crippen LogP contribution in [0.1, 0.15) is 12.2 Å². The van der Waals surface area contributed by atoms with Crippen LogP contribution in [0.4, 0.5) is 0 Å². The summed E-state index contributed by atoms with van der Waals surface area (Å²) in [6, 6.07) is 11.0. The summed E-state index contributed by atoms with van der Waals surface area (Å²) in [5.41, 5.74) is 0. The lowest BCUT2D eigenvalue weighted by Gasteiger charge is -2.16. The van der Waals surface area contributed by atoms with Gasteiger partial charge in [0.15, 0.2) is 0 Å². The molecule has 0 aliphatic carbocycles. The second kappa shape index (κ2) is 9.22. The highest BCUT2D eigenvalue weighted by Gasteiger charge is 2.07. The van der Waals surface area contributed by atoms with Gasteiger partial charge < -0.3 is 14.5 Å². The van der Waals surface area contributed by atoms with Crippen molar-refractivity contribution >= 4 is 17.5 Å². The van der Waals surface area contributed by atoms with Crippen LogP contribution in [0.3, 0.4) is 0 Å². The van der Waals surface area contributed by atoms with Crippen molar-refractivity contribution in [3.63, 3.8) is 0 Å². The number of nitrogens with zero attached hydrogens (tertiary/aromatic N) is 1. The molecular weight excluding hydrogens is 316 g/mol. The predicted octanol–water partition coefficient (Wildman–Crippen LogP) is 2.95. The minimum atomic E-state index is -0.0281. The molecule has 1 heterocycles. The Hall–Kier alpha value is -1.98. The molecule has 0 atom stereocenters. The molecule has 0 aliphatic rings. The van der Waals surface area contributed by atoms with Gasteiger partial charge in [-0.3, -0.25) is 9.69 Å². The summed E-state index contributed by atoms with van der Waals surface area (Å²) < 4.78 is 10.8. The Morgan fingerprint density at radius 3 is 2.96 bits per heavy atom. The van der Waals surface area contributed by atoms with E-state index in [1.165, 1.54) is 0 Å². The Morgan fingerprint density at radius 1 is 1.35 bits per heavy atom. The first kappa shape index (κ1) is 17.4. The van der Waals surface area contributed by atoms with Crippen LogP contribution in [0, 0.1) is 0 Å². The number of likely N-dealkylation sites (N-methyl/N-ethyl adjacent to an activating group) is 1. The molecule has 0 bridgehead atoms. The summed E-state index contributed by atoms with van der Waals surface area (Å²) >= 11 is 5.89. The van der Waals surface area contributed by atoms with Gasteiger partial charge in [-0.25, -0.2) is 0 Å². The number of carbonyl (C=O) groups is 1. The van der Waals surface area contributed by atoms with Gasteiger partial charge in [0.1, 0.15) is 11.5 Å². The molecule has 5 nitrogen and oxygen atoms in total. The van der Waals surface area contributed by atoms with E-state index in [1.54, 1.807) is 18.4 Å². The van der Waals surface area contributed by atoms with Crippen LogP contribution in [-0.4, -0.2) is 37.6 Å². The zero-order valence-corrected chi connectivity index (χ0v) is 13.9. The molecule has 2 rings (SSSR count). The van der Waals surface area contributed by atoms with Crippen molar-refractivity contribution in [3.8, 4) is 5.75 Å². The first-order chi connectivity index (χ1) is 11.1. The quantitative estimate of drug-likeness (QED) is 0.715. The number of hydrogen-bond acceptors (Lipinski definition) is 4. The molecule has 6 heteroatoms. The molecule has 23 heavy (non-hydrogen) atoms. The van der Waals surface area contributed by atoms with Gasteiger partial charge in [0.25, 0.3) is 0 Å². The molecule has 0 fully saturated rings. The zero-order chi connectivity index (χ0) is 16.5. The summed E-state index contributed by atoms with van der Waals surface area (Å²) in [5, 5.41) is 3.48. The van der Waals surface area contributed by atoms with Gasteiger partial charge in [-0.05, 0) is 43.8 Å². The minimum absolute atomic E-state index is 0.0281. The molecule has 0 unspecified atom stereocenters. The number of carbonyl (C=O) groups excluding carboxylic acids is 1. The number of rotatable bonds is 9. The third-order valence-corrected chi connectivity index (χ3v) is 3.44. The van der Waals surface area contributed by atoms with E-state index in [2.05, 4.69) is 5.32 Å².